The van der Waals surface area contributed by atoms with Crippen LogP contribution in [0.5, 0.6) is 5.88 Å². The van der Waals surface area contributed by atoms with Crippen molar-refractivity contribution in [3.63, 3.8) is 0 Å². The second-order valence-corrected chi connectivity index (χ2v) is 9.51. The summed E-state index contributed by atoms with van der Waals surface area (Å²) in [4.78, 5) is 20.1. The van der Waals surface area contributed by atoms with E-state index < -0.39 is 26.7 Å². The second kappa shape index (κ2) is 8.72. The number of ether oxygens (including phenoxy) is 1. The second-order valence-electron chi connectivity index (χ2n) is 7.65. The molecule has 0 atom stereocenters. The molecule has 3 aromatic heterocycles. The molecule has 5 aromatic rings. The van der Waals surface area contributed by atoms with Gasteiger partial charge in [0.15, 0.2) is 0 Å². The minimum Gasteiger partial charge on any atom is -0.453 e. The molecule has 35 heavy (non-hydrogen) atoms. The molecule has 2 N–H and O–H groups in total. The topological polar surface area (TPSA) is 154 Å². The van der Waals surface area contributed by atoms with E-state index in [4.69, 9.17) is 4.74 Å². The number of nitrogens with zero attached hydrogens (tertiary/aromatic N) is 3. The Bertz CT molecular complexity index is 1660. The van der Waals surface area contributed by atoms with Gasteiger partial charge in [-0.3, -0.25) is 9.42 Å². The van der Waals surface area contributed by atoms with Gasteiger partial charge in [0, 0.05) is 16.3 Å². The zero-order chi connectivity index (χ0) is 24.6. The molecule has 178 valence electrons. The van der Waals surface area contributed by atoms with Gasteiger partial charge in [-0.05, 0) is 36.1 Å². The van der Waals surface area contributed by atoms with Crippen molar-refractivity contribution in [3.05, 3.63) is 77.3 Å². The van der Waals surface area contributed by atoms with E-state index >= 15 is 0 Å². The molecule has 0 aliphatic heterocycles. The van der Waals surface area contributed by atoms with Crippen LogP contribution in [0, 0.1) is 12.1 Å². The molecule has 0 spiro atoms. The molecule has 0 aliphatic carbocycles. The van der Waals surface area contributed by atoms with Crippen molar-refractivity contribution in [1.82, 2.24) is 20.4 Å². The molecule has 0 unspecified atom stereocenters. The number of rotatable bonds is 7. The number of H-pyrrole nitrogens is 1. The van der Waals surface area contributed by atoms with Gasteiger partial charge < -0.3 is 20.2 Å². The molecule has 0 saturated heterocycles. The SMILES string of the molecule is Cc1nc(C(=O)NCCOc2no[n+]([O-])c2S(=O)(=O)c2ccccc2)cc2c1[nH]c1ccccc12. The number of carbonyl (C=O) groups excluding carboxylic acids is 1. The number of nitrogens with one attached hydrogen (secondary N) is 2. The summed E-state index contributed by atoms with van der Waals surface area (Å²) in [5.41, 5.74) is 2.71. The molecular weight excluding hydrogens is 474 g/mol. The van der Waals surface area contributed by atoms with E-state index in [-0.39, 0.29) is 28.6 Å². The number of fused-ring (bicyclic) bond motifs is 3. The Morgan fingerprint density at radius 3 is 2.69 bits per heavy atom. The lowest BCUT2D eigenvalue weighted by Crippen LogP contribution is -2.32. The predicted molar refractivity (Wildman–Crippen MR) is 124 cm³/mol. The molecule has 11 nitrogen and oxygen atoms in total. The summed E-state index contributed by atoms with van der Waals surface area (Å²) >= 11 is 0. The van der Waals surface area contributed by atoms with E-state index in [0.29, 0.717) is 5.69 Å². The van der Waals surface area contributed by atoms with Crippen molar-refractivity contribution >= 4 is 37.6 Å². The van der Waals surface area contributed by atoms with Crippen LogP contribution in [-0.2, 0) is 9.84 Å². The molecule has 1 amide bonds. The van der Waals surface area contributed by atoms with Crippen molar-refractivity contribution < 1.29 is 27.5 Å². The number of para-hydroxylation sites is 1. The molecule has 0 radical (unpaired) electrons. The lowest BCUT2D eigenvalue weighted by molar-refractivity contribution is -0.832. The van der Waals surface area contributed by atoms with Crippen molar-refractivity contribution in [2.45, 2.75) is 16.8 Å². The molecule has 0 fully saturated rings. The standard InChI is InChI=1S/C23H19N5O6S/c1-14-20-17(16-9-5-6-10-18(16)26-20)13-19(25-14)21(29)24-11-12-33-22-23(28(30)34-27-22)35(31,32)15-7-3-2-4-8-15/h2-10,13,26H,11-12H2,1H3,(H,24,29). The van der Waals surface area contributed by atoms with Gasteiger partial charge in [-0.1, -0.05) is 36.4 Å². The fourth-order valence-corrected chi connectivity index (χ4v) is 5.06. The summed E-state index contributed by atoms with van der Waals surface area (Å²) in [5, 5.41) is 19.1. The number of hydrogen-bond donors (Lipinski definition) is 2. The van der Waals surface area contributed by atoms with Gasteiger partial charge in [0.2, 0.25) is 0 Å². The molecule has 3 heterocycles. The number of amides is 1. The number of aromatic nitrogens is 4. The Morgan fingerprint density at radius 1 is 1.14 bits per heavy atom. The first-order valence-electron chi connectivity index (χ1n) is 10.5. The van der Waals surface area contributed by atoms with Crippen LogP contribution in [0.1, 0.15) is 16.2 Å². The van der Waals surface area contributed by atoms with Crippen molar-refractivity contribution in [1.29, 1.82) is 0 Å². The van der Waals surface area contributed by atoms with Crippen LogP contribution in [0.3, 0.4) is 0 Å². The number of hydrogen-bond acceptors (Lipinski definition) is 8. The molecule has 5 rings (SSSR count). The van der Waals surface area contributed by atoms with Gasteiger partial charge >= 0.3 is 10.9 Å². The third kappa shape index (κ3) is 4.04. The van der Waals surface area contributed by atoms with E-state index in [0.717, 1.165) is 21.8 Å². The van der Waals surface area contributed by atoms with E-state index in [1.165, 1.54) is 24.3 Å². The maximum atomic E-state index is 12.8. The average molecular weight is 494 g/mol. The van der Waals surface area contributed by atoms with Crippen LogP contribution in [0.4, 0.5) is 0 Å². The minimum absolute atomic E-state index is 0.00201. The fourth-order valence-electron chi connectivity index (χ4n) is 3.76. The first-order chi connectivity index (χ1) is 16.9. The summed E-state index contributed by atoms with van der Waals surface area (Å²) < 4.78 is 35.4. The van der Waals surface area contributed by atoms with Crippen molar-refractivity contribution in [3.8, 4) is 5.88 Å². The van der Waals surface area contributed by atoms with E-state index in [2.05, 4.69) is 25.1 Å². The number of aromatic amines is 1. The van der Waals surface area contributed by atoms with Crippen LogP contribution in [0.2, 0.25) is 0 Å². The zero-order valence-corrected chi connectivity index (χ0v) is 19.2. The highest BCUT2D eigenvalue weighted by Crippen LogP contribution is 2.27. The summed E-state index contributed by atoms with van der Waals surface area (Å²) in [5.74, 6) is -0.924. The van der Waals surface area contributed by atoms with E-state index in [1.54, 1.807) is 12.1 Å². The Kier molecular flexibility index (Phi) is 5.57. The Hall–Kier alpha value is -4.45. The zero-order valence-electron chi connectivity index (χ0n) is 18.4. The van der Waals surface area contributed by atoms with Crippen LogP contribution in [0.15, 0.2) is 75.2 Å². The van der Waals surface area contributed by atoms with Gasteiger partial charge in [-0.15, -0.1) is 0 Å². The van der Waals surface area contributed by atoms with Crippen LogP contribution in [-0.4, -0.2) is 42.6 Å². The summed E-state index contributed by atoms with van der Waals surface area (Å²) in [6, 6.07) is 16.8. The average Bonchev–Trinajstić information content (AvgIpc) is 3.43. The molecule has 12 heteroatoms. The molecule has 0 saturated carbocycles. The maximum Gasteiger partial charge on any atom is 0.415 e. The van der Waals surface area contributed by atoms with Gasteiger partial charge in [0.05, 0.1) is 27.8 Å². The third-order valence-corrected chi connectivity index (χ3v) is 7.12. The normalized spacial score (nSPS) is 11.7. The number of benzene rings is 2. The highest BCUT2D eigenvalue weighted by atomic mass is 32.2. The summed E-state index contributed by atoms with van der Waals surface area (Å²) in [6.07, 6.45) is 0. The highest BCUT2D eigenvalue weighted by molar-refractivity contribution is 7.91. The fraction of sp³-hybridized carbons (Fsp3) is 0.130. The third-order valence-electron chi connectivity index (χ3n) is 5.39. The number of pyridine rings is 1. The number of carbonyl (C=O) groups is 1. The molecule has 0 aliphatic rings. The molecule has 0 bridgehead atoms. The lowest BCUT2D eigenvalue weighted by atomic mass is 10.1. The van der Waals surface area contributed by atoms with Crippen LogP contribution in [0.25, 0.3) is 21.8 Å². The Labute approximate surface area is 198 Å². The number of aryl methyl sites for hydroxylation is 1. The largest absolute Gasteiger partial charge is 0.453 e. The van der Waals surface area contributed by atoms with Crippen molar-refractivity contribution in [2.24, 2.45) is 0 Å². The lowest BCUT2D eigenvalue weighted by Gasteiger charge is -2.07. The summed E-state index contributed by atoms with van der Waals surface area (Å²) in [6.45, 7) is 1.65. The Morgan fingerprint density at radius 2 is 1.89 bits per heavy atom. The molecule has 2 aromatic carbocycles. The van der Waals surface area contributed by atoms with Gasteiger partial charge in [-0.25, -0.2) is 13.4 Å². The van der Waals surface area contributed by atoms with E-state index in [1.807, 2.05) is 31.2 Å². The number of sulfone groups is 1. The Balaban J connectivity index is 1.29. The van der Waals surface area contributed by atoms with Crippen molar-refractivity contribution in [2.75, 3.05) is 13.2 Å². The quantitative estimate of drug-likeness (QED) is 0.259. The van der Waals surface area contributed by atoms with Gasteiger partial charge in [0.1, 0.15) is 12.3 Å². The highest BCUT2D eigenvalue weighted by Gasteiger charge is 2.35. The maximum absolute atomic E-state index is 12.8. The van der Waals surface area contributed by atoms with Crippen LogP contribution < -0.4 is 15.0 Å². The van der Waals surface area contributed by atoms with Gasteiger partial charge in [-0.2, -0.15) is 0 Å². The van der Waals surface area contributed by atoms with E-state index in [9.17, 15) is 18.4 Å². The van der Waals surface area contributed by atoms with Gasteiger partial charge in [0.25, 0.3) is 15.7 Å². The monoisotopic (exact) mass is 493 g/mol. The smallest absolute Gasteiger partial charge is 0.415 e. The minimum atomic E-state index is -4.22. The first-order valence-corrected chi connectivity index (χ1v) is 12.0. The molecular formula is C23H19N5O6S. The van der Waals surface area contributed by atoms with Crippen LogP contribution >= 0.6 is 0 Å². The summed E-state index contributed by atoms with van der Waals surface area (Å²) in [7, 11) is -4.22. The first kappa shape index (κ1) is 22.3. The predicted octanol–water partition coefficient (Wildman–Crippen LogP) is 2.29.